The molecule has 1 aliphatic rings. The molecule has 0 aliphatic carbocycles. The van der Waals surface area contributed by atoms with Crippen LogP contribution in [0.3, 0.4) is 0 Å². The molecule has 2 heterocycles. The SMILES string of the molecule is CC(=O)NC[C@H]1CN(c2ccc(-c3ccc(Cn4nnnc4C)cc3)c(F)c2)C(=O)O1. The number of halogens is 1. The van der Waals surface area contributed by atoms with E-state index in [0.29, 0.717) is 29.2 Å². The Morgan fingerprint density at radius 3 is 2.68 bits per heavy atom. The van der Waals surface area contributed by atoms with Crippen molar-refractivity contribution in [1.29, 1.82) is 0 Å². The molecule has 1 aliphatic heterocycles. The molecule has 31 heavy (non-hydrogen) atoms. The Balaban J connectivity index is 1.47. The predicted molar refractivity (Wildman–Crippen MR) is 110 cm³/mol. The molecular weight excluding hydrogens is 403 g/mol. The molecule has 9 nitrogen and oxygen atoms in total. The van der Waals surface area contributed by atoms with Crippen LogP contribution in [0.25, 0.3) is 11.1 Å². The van der Waals surface area contributed by atoms with Crippen molar-refractivity contribution in [2.75, 3.05) is 18.0 Å². The van der Waals surface area contributed by atoms with E-state index >= 15 is 0 Å². The fraction of sp³-hybridized carbons (Fsp3) is 0.286. The maximum absolute atomic E-state index is 14.9. The van der Waals surface area contributed by atoms with E-state index in [4.69, 9.17) is 4.74 Å². The highest BCUT2D eigenvalue weighted by Gasteiger charge is 2.32. The van der Waals surface area contributed by atoms with Gasteiger partial charge in [0.15, 0.2) is 0 Å². The van der Waals surface area contributed by atoms with Gasteiger partial charge in [-0.2, -0.15) is 0 Å². The third kappa shape index (κ3) is 4.52. The third-order valence-corrected chi connectivity index (χ3v) is 5.03. The minimum Gasteiger partial charge on any atom is -0.442 e. The summed E-state index contributed by atoms with van der Waals surface area (Å²) in [4.78, 5) is 24.5. The largest absolute Gasteiger partial charge is 0.442 e. The van der Waals surface area contributed by atoms with Gasteiger partial charge in [-0.3, -0.25) is 9.69 Å². The first-order chi connectivity index (χ1) is 14.9. The highest BCUT2D eigenvalue weighted by Crippen LogP contribution is 2.29. The van der Waals surface area contributed by atoms with E-state index in [0.717, 1.165) is 5.56 Å². The number of amides is 2. The van der Waals surface area contributed by atoms with Gasteiger partial charge in [-0.25, -0.2) is 13.9 Å². The van der Waals surface area contributed by atoms with Crippen molar-refractivity contribution < 1.29 is 18.7 Å². The van der Waals surface area contributed by atoms with Gasteiger partial charge in [-0.05, 0) is 46.7 Å². The zero-order valence-corrected chi connectivity index (χ0v) is 17.1. The summed E-state index contributed by atoms with van der Waals surface area (Å²) in [5.41, 5.74) is 2.54. The predicted octanol–water partition coefficient (Wildman–Crippen LogP) is 2.30. The van der Waals surface area contributed by atoms with Crippen LogP contribution in [0.5, 0.6) is 0 Å². The zero-order valence-electron chi connectivity index (χ0n) is 17.1. The highest BCUT2D eigenvalue weighted by molar-refractivity contribution is 5.90. The molecule has 160 valence electrons. The van der Waals surface area contributed by atoms with Crippen molar-refractivity contribution >= 4 is 17.7 Å². The highest BCUT2D eigenvalue weighted by atomic mass is 19.1. The number of aromatic nitrogens is 4. The van der Waals surface area contributed by atoms with E-state index in [1.54, 1.807) is 16.8 Å². The van der Waals surface area contributed by atoms with Crippen molar-refractivity contribution in [2.45, 2.75) is 26.5 Å². The molecule has 3 aromatic rings. The van der Waals surface area contributed by atoms with Crippen LogP contribution in [0, 0.1) is 12.7 Å². The van der Waals surface area contributed by atoms with Crippen LogP contribution in [-0.4, -0.2) is 51.4 Å². The Morgan fingerprint density at radius 1 is 1.26 bits per heavy atom. The molecule has 1 saturated heterocycles. The second kappa shape index (κ2) is 8.50. The lowest BCUT2D eigenvalue weighted by Crippen LogP contribution is -2.33. The number of aryl methyl sites for hydroxylation is 1. The van der Waals surface area contributed by atoms with Crippen molar-refractivity contribution in [1.82, 2.24) is 25.5 Å². The van der Waals surface area contributed by atoms with Crippen molar-refractivity contribution in [2.24, 2.45) is 0 Å². The Labute approximate surface area is 177 Å². The normalized spacial score (nSPS) is 15.8. The van der Waals surface area contributed by atoms with Gasteiger partial charge in [-0.15, -0.1) is 5.10 Å². The van der Waals surface area contributed by atoms with Crippen LogP contribution in [0.15, 0.2) is 42.5 Å². The van der Waals surface area contributed by atoms with Crippen LogP contribution in [0.4, 0.5) is 14.9 Å². The van der Waals surface area contributed by atoms with Gasteiger partial charge in [0.1, 0.15) is 17.7 Å². The average molecular weight is 424 g/mol. The summed E-state index contributed by atoms with van der Waals surface area (Å²) < 4.78 is 21.8. The van der Waals surface area contributed by atoms with Crippen LogP contribution in [0.1, 0.15) is 18.3 Å². The number of nitrogens with zero attached hydrogens (tertiary/aromatic N) is 5. The molecule has 0 bridgehead atoms. The molecule has 2 aromatic carbocycles. The van der Waals surface area contributed by atoms with Crippen LogP contribution >= 0.6 is 0 Å². The summed E-state index contributed by atoms with van der Waals surface area (Å²) in [7, 11) is 0. The number of cyclic esters (lactones) is 1. The van der Waals surface area contributed by atoms with E-state index in [9.17, 15) is 14.0 Å². The monoisotopic (exact) mass is 424 g/mol. The molecule has 0 saturated carbocycles. The molecule has 2 amide bonds. The summed E-state index contributed by atoms with van der Waals surface area (Å²) >= 11 is 0. The first-order valence-electron chi connectivity index (χ1n) is 9.75. The molecule has 10 heteroatoms. The van der Waals surface area contributed by atoms with Gasteiger partial charge in [0.05, 0.1) is 25.3 Å². The molecule has 0 spiro atoms. The number of carbonyl (C=O) groups is 2. The Hall–Kier alpha value is -3.82. The summed E-state index contributed by atoms with van der Waals surface area (Å²) in [6, 6.07) is 12.1. The zero-order chi connectivity index (χ0) is 22.0. The summed E-state index contributed by atoms with van der Waals surface area (Å²) in [6.07, 6.45) is -1.04. The van der Waals surface area contributed by atoms with Crippen molar-refractivity contribution in [3.63, 3.8) is 0 Å². The number of ether oxygens (including phenoxy) is 1. The second-order valence-corrected chi connectivity index (χ2v) is 7.30. The minimum absolute atomic E-state index is 0.205. The number of nitrogens with one attached hydrogen (secondary N) is 1. The van der Waals surface area contributed by atoms with E-state index in [1.165, 1.54) is 17.9 Å². The first kappa shape index (κ1) is 20.5. The summed E-state index contributed by atoms with van der Waals surface area (Å²) in [5.74, 6) is 0.0640. The number of tetrazole rings is 1. The number of anilines is 1. The molecule has 4 rings (SSSR count). The lowest BCUT2D eigenvalue weighted by atomic mass is 10.0. The third-order valence-electron chi connectivity index (χ3n) is 5.03. The van der Waals surface area contributed by atoms with E-state index in [2.05, 4.69) is 20.8 Å². The van der Waals surface area contributed by atoms with E-state index in [1.807, 2.05) is 31.2 Å². The molecule has 1 aromatic heterocycles. The van der Waals surface area contributed by atoms with E-state index < -0.39 is 18.0 Å². The van der Waals surface area contributed by atoms with Gasteiger partial charge in [0.25, 0.3) is 0 Å². The summed E-state index contributed by atoms with van der Waals surface area (Å²) in [6.45, 7) is 4.20. The number of hydrogen-bond acceptors (Lipinski definition) is 6. The van der Waals surface area contributed by atoms with Crippen molar-refractivity contribution in [3.05, 3.63) is 59.7 Å². The standard InChI is InChI=1S/C21H21FN6O3/c1-13-24-25-26-28(13)11-15-3-5-16(6-4-15)19-8-7-17(9-20(19)22)27-12-18(31-21(27)30)10-23-14(2)29/h3-9,18H,10-12H2,1-2H3,(H,23,29)/t18-/m0/s1. The van der Waals surface area contributed by atoms with Gasteiger partial charge in [0.2, 0.25) is 5.91 Å². The first-order valence-corrected chi connectivity index (χ1v) is 9.75. The maximum atomic E-state index is 14.9. The molecule has 0 unspecified atom stereocenters. The number of carbonyl (C=O) groups excluding carboxylic acids is 2. The van der Waals surface area contributed by atoms with E-state index in [-0.39, 0.29) is 19.0 Å². The number of benzene rings is 2. The molecule has 0 radical (unpaired) electrons. The van der Waals surface area contributed by atoms with Gasteiger partial charge in [-0.1, -0.05) is 24.3 Å². The van der Waals surface area contributed by atoms with Gasteiger partial charge < -0.3 is 10.1 Å². The van der Waals surface area contributed by atoms with Gasteiger partial charge >= 0.3 is 6.09 Å². The van der Waals surface area contributed by atoms with Gasteiger partial charge in [0, 0.05) is 12.5 Å². The molecular formula is C21H21FN6O3. The van der Waals surface area contributed by atoms with Crippen molar-refractivity contribution in [3.8, 4) is 11.1 Å². The molecule has 1 N–H and O–H groups in total. The number of hydrogen-bond donors (Lipinski definition) is 1. The lowest BCUT2D eigenvalue weighted by molar-refractivity contribution is -0.119. The fourth-order valence-electron chi connectivity index (χ4n) is 3.36. The smallest absolute Gasteiger partial charge is 0.414 e. The Kier molecular flexibility index (Phi) is 5.61. The fourth-order valence-corrected chi connectivity index (χ4v) is 3.36. The van der Waals surface area contributed by atoms with Crippen LogP contribution < -0.4 is 10.2 Å². The Morgan fingerprint density at radius 2 is 2.03 bits per heavy atom. The average Bonchev–Trinajstić information content (AvgIpc) is 3.32. The summed E-state index contributed by atoms with van der Waals surface area (Å²) in [5, 5.41) is 14.0. The lowest BCUT2D eigenvalue weighted by Gasteiger charge is -2.15. The maximum Gasteiger partial charge on any atom is 0.414 e. The minimum atomic E-state index is -0.565. The van der Waals surface area contributed by atoms with Crippen LogP contribution in [-0.2, 0) is 16.1 Å². The van der Waals surface area contributed by atoms with Crippen LogP contribution in [0.2, 0.25) is 0 Å². The Bertz CT molecular complexity index is 1110. The quantitative estimate of drug-likeness (QED) is 0.652. The molecule has 1 atom stereocenters. The topological polar surface area (TPSA) is 102 Å². The second-order valence-electron chi connectivity index (χ2n) is 7.30. The number of rotatable bonds is 6. The molecule has 1 fully saturated rings.